The van der Waals surface area contributed by atoms with Gasteiger partial charge in [0, 0.05) is 43.0 Å². The lowest BCUT2D eigenvalue weighted by molar-refractivity contribution is 0.441. The highest BCUT2D eigenvalue weighted by molar-refractivity contribution is 7.89. The molecule has 1 aliphatic heterocycles. The maximum absolute atomic E-state index is 13.1. The summed E-state index contributed by atoms with van der Waals surface area (Å²) >= 11 is 0. The van der Waals surface area contributed by atoms with Crippen LogP contribution in [-0.4, -0.2) is 35.4 Å². The highest BCUT2D eigenvalue weighted by Gasteiger charge is 2.27. The van der Waals surface area contributed by atoms with Crippen molar-refractivity contribution in [3.63, 3.8) is 0 Å². The van der Waals surface area contributed by atoms with Crippen molar-refractivity contribution in [2.75, 3.05) is 13.1 Å². The van der Waals surface area contributed by atoms with Gasteiger partial charge in [0.15, 0.2) is 0 Å². The molecule has 0 N–H and O–H groups in total. The molecule has 0 bridgehead atoms. The fourth-order valence-corrected chi connectivity index (χ4v) is 4.87. The lowest BCUT2D eigenvalue weighted by Gasteiger charge is -2.25. The van der Waals surface area contributed by atoms with Crippen LogP contribution in [0, 0.1) is 5.82 Å². The largest absolute Gasteiger partial charge is 0.332 e. The van der Waals surface area contributed by atoms with Gasteiger partial charge in [-0.15, -0.1) is 0 Å². The van der Waals surface area contributed by atoms with Crippen LogP contribution in [0.5, 0.6) is 0 Å². The van der Waals surface area contributed by atoms with Crippen molar-refractivity contribution in [3.8, 4) is 0 Å². The highest BCUT2D eigenvalue weighted by atomic mass is 32.2. The van der Waals surface area contributed by atoms with Crippen molar-refractivity contribution in [2.45, 2.75) is 24.8 Å². The third-order valence-corrected chi connectivity index (χ3v) is 6.82. The summed E-state index contributed by atoms with van der Waals surface area (Å²) in [4.78, 5) is 4.59. The summed E-state index contributed by atoms with van der Waals surface area (Å²) in [6, 6.07) is 8.93. The van der Waals surface area contributed by atoms with Crippen molar-refractivity contribution < 1.29 is 12.8 Å². The minimum Gasteiger partial charge on any atom is -0.332 e. The number of rotatable bonds is 4. The Hall–Kier alpha value is -2.51. The van der Waals surface area contributed by atoms with Gasteiger partial charge in [-0.25, -0.2) is 17.8 Å². The molecule has 1 aromatic carbocycles. The second kappa shape index (κ2) is 6.90. The third-order valence-electron chi connectivity index (χ3n) is 4.94. The second-order valence-corrected chi connectivity index (χ2v) is 8.44. The molecular weight excluding hydrogens is 365 g/mol. The standard InChI is InChI=1S/C20H20FN3O2S/c1-2-23-14-19(18-4-3-11-22-20(18)23)15-9-12-24(13-10-15)27(25,26)17-7-5-16(21)6-8-17/h3-9,11,14H,2,10,12-13H2,1H3. The zero-order chi connectivity index (χ0) is 19.0. The van der Waals surface area contributed by atoms with Gasteiger partial charge in [0.25, 0.3) is 0 Å². The Labute approximate surface area is 157 Å². The van der Waals surface area contributed by atoms with Gasteiger partial charge in [-0.1, -0.05) is 6.08 Å². The van der Waals surface area contributed by atoms with Gasteiger partial charge in [0.1, 0.15) is 11.5 Å². The molecule has 0 amide bonds. The minimum absolute atomic E-state index is 0.118. The van der Waals surface area contributed by atoms with E-state index in [4.69, 9.17) is 0 Å². The van der Waals surface area contributed by atoms with Crippen molar-refractivity contribution in [2.24, 2.45) is 0 Å². The lowest BCUT2D eigenvalue weighted by Crippen LogP contribution is -2.34. The number of fused-ring (bicyclic) bond motifs is 1. The molecule has 3 heterocycles. The first-order valence-electron chi connectivity index (χ1n) is 8.89. The van der Waals surface area contributed by atoms with Gasteiger partial charge in [-0.3, -0.25) is 0 Å². The molecule has 0 saturated heterocycles. The molecule has 27 heavy (non-hydrogen) atoms. The molecule has 5 nitrogen and oxygen atoms in total. The number of aromatic nitrogens is 2. The summed E-state index contributed by atoms with van der Waals surface area (Å²) in [5, 5.41) is 1.08. The minimum atomic E-state index is -3.62. The van der Waals surface area contributed by atoms with E-state index in [2.05, 4.69) is 22.7 Å². The molecule has 7 heteroatoms. The van der Waals surface area contributed by atoms with Gasteiger partial charge in [0.2, 0.25) is 10.0 Å². The summed E-state index contributed by atoms with van der Waals surface area (Å²) in [5.41, 5.74) is 3.18. The number of sulfonamides is 1. The van der Waals surface area contributed by atoms with Gasteiger partial charge >= 0.3 is 0 Å². The SMILES string of the molecule is CCn1cc(C2=CCN(S(=O)(=O)c3ccc(F)cc3)CC2)c2cccnc21. The number of aryl methyl sites for hydroxylation is 1. The van der Waals surface area contributed by atoms with Gasteiger partial charge < -0.3 is 4.57 Å². The molecule has 3 aromatic rings. The summed E-state index contributed by atoms with van der Waals surface area (Å²) in [6.07, 6.45) is 6.46. The third kappa shape index (κ3) is 3.17. The highest BCUT2D eigenvalue weighted by Crippen LogP contribution is 2.31. The Morgan fingerprint density at radius 3 is 2.63 bits per heavy atom. The Kier molecular flexibility index (Phi) is 4.57. The lowest BCUT2D eigenvalue weighted by atomic mass is 10.0. The average Bonchev–Trinajstić information content (AvgIpc) is 3.07. The first-order chi connectivity index (χ1) is 13.0. The topological polar surface area (TPSA) is 55.2 Å². The van der Waals surface area contributed by atoms with Crippen LogP contribution in [0.3, 0.4) is 0 Å². The van der Waals surface area contributed by atoms with E-state index in [9.17, 15) is 12.8 Å². The molecule has 4 rings (SSSR count). The normalized spacial score (nSPS) is 15.9. The Morgan fingerprint density at radius 2 is 1.96 bits per heavy atom. The van der Waals surface area contributed by atoms with Crippen LogP contribution in [0.15, 0.2) is 59.8 Å². The number of hydrogen-bond acceptors (Lipinski definition) is 3. The van der Waals surface area contributed by atoms with Gasteiger partial charge in [0.05, 0.1) is 4.90 Å². The van der Waals surface area contributed by atoms with Crippen molar-refractivity contribution in [1.29, 1.82) is 0 Å². The number of nitrogens with zero attached hydrogens (tertiary/aromatic N) is 3. The Bertz CT molecular complexity index is 1120. The molecule has 2 aromatic heterocycles. The molecule has 0 fully saturated rings. The molecule has 1 aliphatic rings. The Balaban J connectivity index is 1.63. The number of benzene rings is 1. The molecule has 0 spiro atoms. The number of pyridine rings is 1. The molecular formula is C20H20FN3O2S. The molecule has 0 aliphatic carbocycles. The van der Waals surface area contributed by atoms with E-state index in [-0.39, 0.29) is 4.90 Å². The molecule has 140 valence electrons. The summed E-state index contributed by atoms with van der Waals surface area (Å²) in [6.45, 7) is 3.59. The van der Waals surface area contributed by atoms with E-state index >= 15 is 0 Å². The zero-order valence-electron chi connectivity index (χ0n) is 15.0. The summed E-state index contributed by atoms with van der Waals surface area (Å²) in [5.74, 6) is -0.448. The van der Waals surface area contributed by atoms with E-state index in [1.807, 2.05) is 18.2 Å². The van der Waals surface area contributed by atoms with Crippen LogP contribution >= 0.6 is 0 Å². The molecule has 0 atom stereocenters. The van der Waals surface area contributed by atoms with Gasteiger partial charge in [-0.05, 0) is 55.3 Å². The van der Waals surface area contributed by atoms with Crippen LogP contribution < -0.4 is 0 Å². The van der Waals surface area contributed by atoms with E-state index in [0.717, 1.165) is 28.7 Å². The quantitative estimate of drug-likeness (QED) is 0.689. The summed E-state index contributed by atoms with van der Waals surface area (Å²) < 4.78 is 42.2. The van der Waals surface area contributed by atoms with Gasteiger partial charge in [-0.2, -0.15) is 4.31 Å². The van der Waals surface area contributed by atoms with Crippen LogP contribution in [0.4, 0.5) is 4.39 Å². The fraction of sp³-hybridized carbons (Fsp3) is 0.250. The van der Waals surface area contributed by atoms with E-state index < -0.39 is 15.8 Å². The first kappa shape index (κ1) is 17.9. The van der Waals surface area contributed by atoms with E-state index in [0.29, 0.717) is 19.5 Å². The Morgan fingerprint density at radius 1 is 1.19 bits per heavy atom. The average molecular weight is 385 g/mol. The van der Waals surface area contributed by atoms with Crippen LogP contribution in [0.1, 0.15) is 18.9 Å². The predicted molar refractivity (Wildman–Crippen MR) is 103 cm³/mol. The van der Waals surface area contributed by atoms with E-state index in [1.54, 1.807) is 6.20 Å². The number of halogens is 1. The molecule has 0 radical (unpaired) electrons. The number of hydrogen-bond donors (Lipinski definition) is 0. The van der Waals surface area contributed by atoms with Crippen LogP contribution in [0.25, 0.3) is 16.6 Å². The maximum Gasteiger partial charge on any atom is 0.243 e. The first-order valence-corrected chi connectivity index (χ1v) is 10.3. The smallest absolute Gasteiger partial charge is 0.243 e. The van der Waals surface area contributed by atoms with Crippen molar-refractivity contribution >= 4 is 26.6 Å². The van der Waals surface area contributed by atoms with Crippen LogP contribution in [0.2, 0.25) is 0 Å². The summed E-state index contributed by atoms with van der Waals surface area (Å²) in [7, 11) is -3.62. The van der Waals surface area contributed by atoms with E-state index in [1.165, 1.54) is 28.6 Å². The van der Waals surface area contributed by atoms with Crippen LogP contribution in [-0.2, 0) is 16.6 Å². The monoisotopic (exact) mass is 385 g/mol. The predicted octanol–water partition coefficient (Wildman–Crippen LogP) is 3.67. The van der Waals surface area contributed by atoms with Crippen molar-refractivity contribution in [1.82, 2.24) is 13.9 Å². The van der Waals surface area contributed by atoms with Crippen molar-refractivity contribution in [3.05, 3.63) is 66.2 Å². The zero-order valence-corrected chi connectivity index (χ0v) is 15.8. The maximum atomic E-state index is 13.1. The fourth-order valence-electron chi connectivity index (χ4n) is 3.49. The molecule has 0 saturated carbocycles. The second-order valence-electron chi connectivity index (χ2n) is 6.50. The molecule has 0 unspecified atom stereocenters.